The van der Waals surface area contributed by atoms with Crippen molar-refractivity contribution in [1.82, 2.24) is 20.6 Å². The number of rotatable bonds is 3. The van der Waals surface area contributed by atoms with E-state index in [4.69, 9.17) is 0 Å². The lowest BCUT2D eigenvalue weighted by Crippen LogP contribution is -2.46. The molecule has 0 atom stereocenters. The SMILES string of the molecule is CC(C)(C)NC(=O)NCc1ccc(-c2ccccn2)nc1. The van der Waals surface area contributed by atoms with E-state index in [0.717, 1.165) is 17.0 Å². The highest BCUT2D eigenvalue weighted by Crippen LogP contribution is 2.13. The second kappa shape index (κ2) is 6.35. The number of pyridine rings is 2. The lowest BCUT2D eigenvalue weighted by Gasteiger charge is -2.20. The number of hydrogen-bond donors (Lipinski definition) is 2. The first-order valence-electron chi connectivity index (χ1n) is 6.86. The predicted octanol–water partition coefficient (Wildman–Crippen LogP) is 2.74. The van der Waals surface area contributed by atoms with Crippen molar-refractivity contribution in [2.75, 3.05) is 0 Å². The van der Waals surface area contributed by atoms with Crippen LogP contribution in [0.25, 0.3) is 11.4 Å². The summed E-state index contributed by atoms with van der Waals surface area (Å²) in [7, 11) is 0. The quantitative estimate of drug-likeness (QED) is 0.910. The zero-order valence-electron chi connectivity index (χ0n) is 12.6. The van der Waals surface area contributed by atoms with Gasteiger partial charge in [-0.05, 0) is 44.5 Å². The molecular formula is C16H20N4O. The Morgan fingerprint density at radius 3 is 2.43 bits per heavy atom. The van der Waals surface area contributed by atoms with E-state index in [1.807, 2.05) is 51.1 Å². The van der Waals surface area contributed by atoms with Crippen LogP contribution < -0.4 is 10.6 Å². The van der Waals surface area contributed by atoms with Gasteiger partial charge in [-0.2, -0.15) is 0 Å². The van der Waals surface area contributed by atoms with Crippen LogP contribution in [0.5, 0.6) is 0 Å². The Bertz CT molecular complexity index is 588. The minimum absolute atomic E-state index is 0.184. The normalized spacial score (nSPS) is 11.0. The number of urea groups is 1. The van der Waals surface area contributed by atoms with E-state index in [0.29, 0.717) is 6.54 Å². The Labute approximate surface area is 124 Å². The van der Waals surface area contributed by atoms with Crippen molar-refractivity contribution in [3.8, 4) is 11.4 Å². The Morgan fingerprint density at radius 2 is 1.86 bits per heavy atom. The lowest BCUT2D eigenvalue weighted by atomic mass is 10.1. The molecule has 2 aromatic rings. The maximum absolute atomic E-state index is 11.7. The van der Waals surface area contributed by atoms with Gasteiger partial charge in [-0.25, -0.2) is 4.79 Å². The van der Waals surface area contributed by atoms with E-state index in [2.05, 4.69) is 20.6 Å². The van der Waals surface area contributed by atoms with Crippen LogP contribution in [0.1, 0.15) is 26.3 Å². The Hall–Kier alpha value is -2.43. The van der Waals surface area contributed by atoms with E-state index in [-0.39, 0.29) is 11.6 Å². The van der Waals surface area contributed by atoms with E-state index < -0.39 is 0 Å². The average Bonchev–Trinajstić information content (AvgIpc) is 2.45. The van der Waals surface area contributed by atoms with Gasteiger partial charge in [-0.15, -0.1) is 0 Å². The van der Waals surface area contributed by atoms with Crippen LogP contribution in [-0.2, 0) is 6.54 Å². The molecule has 0 aliphatic rings. The van der Waals surface area contributed by atoms with Gasteiger partial charge in [0.1, 0.15) is 0 Å². The first-order chi connectivity index (χ1) is 9.94. The summed E-state index contributed by atoms with van der Waals surface area (Å²) in [4.78, 5) is 20.3. The van der Waals surface area contributed by atoms with Gasteiger partial charge in [0.25, 0.3) is 0 Å². The van der Waals surface area contributed by atoms with Crippen molar-refractivity contribution in [3.05, 3.63) is 48.3 Å². The molecule has 0 saturated carbocycles. The topological polar surface area (TPSA) is 66.9 Å². The zero-order valence-corrected chi connectivity index (χ0v) is 12.6. The van der Waals surface area contributed by atoms with Gasteiger partial charge in [0.2, 0.25) is 0 Å². The van der Waals surface area contributed by atoms with Crippen molar-refractivity contribution in [2.24, 2.45) is 0 Å². The van der Waals surface area contributed by atoms with E-state index in [1.165, 1.54) is 0 Å². The maximum atomic E-state index is 11.7. The molecule has 5 heteroatoms. The number of hydrogen-bond acceptors (Lipinski definition) is 3. The zero-order chi connectivity index (χ0) is 15.3. The molecule has 0 aliphatic carbocycles. The summed E-state index contributed by atoms with van der Waals surface area (Å²) in [5, 5.41) is 5.66. The fraction of sp³-hybridized carbons (Fsp3) is 0.312. The number of carbonyl (C=O) groups is 1. The molecule has 110 valence electrons. The first-order valence-corrected chi connectivity index (χ1v) is 6.86. The van der Waals surface area contributed by atoms with Crippen molar-refractivity contribution < 1.29 is 4.79 Å². The van der Waals surface area contributed by atoms with Crippen LogP contribution in [0, 0.1) is 0 Å². The van der Waals surface area contributed by atoms with Gasteiger partial charge in [0.05, 0.1) is 11.4 Å². The summed E-state index contributed by atoms with van der Waals surface area (Å²) in [5.74, 6) is 0. The molecule has 2 aromatic heterocycles. The first kappa shape index (κ1) is 15.0. The largest absolute Gasteiger partial charge is 0.334 e. The van der Waals surface area contributed by atoms with Crippen LogP contribution in [0.3, 0.4) is 0 Å². The molecule has 21 heavy (non-hydrogen) atoms. The minimum Gasteiger partial charge on any atom is -0.334 e. The molecule has 0 radical (unpaired) electrons. The van der Waals surface area contributed by atoms with Crippen LogP contribution >= 0.6 is 0 Å². The third-order valence-electron chi connectivity index (χ3n) is 2.69. The van der Waals surface area contributed by atoms with Crippen LogP contribution in [-0.4, -0.2) is 21.5 Å². The van der Waals surface area contributed by atoms with Crippen molar-refractivity contribution in [2.45, 2.75) is 32.9 Å². The van der Waals surface area contributed by atoms with Crippen molar-refractivity contribution >= 4 is 6.03 Å². The summed E-state index contributed by atoms with van der Waals surface area (Å²) < 4.78 is 0. The molecule has 0 unspecified atom stereocenters. The summed E-state index contributed by atoms with van der Waals surface area (Å²) in [5.41, 5.74) is 2.35. The molecule has 0 aromatic carbocycles. The summed E-state index contributed by atoms with van der Waals surface area (Å²) in [6.07, 6.45) is 3.49. The average molecular weight is 284 g/mol. The number of amides is 2. The highest BCUT2D eigenvalue weighted by atomic mass is 16.2. The molecule has 2 N–H and O–H groups in total. The fourth-order valence-corrected chi connectivity index (χ4v) is 1.76. The Balaban J connectivity index is 1.93. The molecule has 0 fully saturated rings. The number of aromatic nitrogens is 2. The van der Waals surface area contributed by atoms with E-state index >= 15 is 0 Å². The lowest BCUT2D eigenvalue weighted by molar-refractivity contribution is 0.231. The number of nitrogens with one attached hydrogen (secondary N) is 2. The number of carbonyl (C=O) groups excluding carboxylic acids is 1. The van der Waals surface area contributed by atoms with Gasteiger partial charge in [0.15, 0.2) is 0 Å². The maximum Gasteiger partial charge on any atom is 0.315 e. The van der Waals surface area contributed by atoms with Crippen molar-refractivity contribution in [1.29, 1.82) is 0 Å². The molecule has 5 nitrogen and oxygen atoms in total. The fourth-order valence-electron chi connectivity index (χ4n) is 1.76. The summed E-state index contributed by atoms with van der Waals surface area (Å²) in [6, 6.07) is 9.37. The second-order valence-corrected chi connectivity index (χ2v) is 5.82. The number of nitrogens with zero attached hydrogens (tertiary/aromatic N) is 2. The van der Waals surface area contributed by atoms with Gasteiger partial charge in [-0.1, -0.05) is 12.1 Å². The summed E-state index contributed by atoms with van der Waals surface area (Å²) >= 11 is 0. The van der Waals surface area contributed by atoms with Gasteiger partial charge >= 0.3 is 6.03 Å². The highest BCUT2D eigenvalue weighted by Gasteiger charge is 2.12. The molecule has 0 saturated heterocycles. The Kier molecular flexibility index (Phi) is 4.52. The standard InChI is InChI=1S/C16H20N4O/c1-16(2,3)20-15(21)19-11-12-7-8-14(18-10-12)13-6-4-5-9-17-13/h4-10H,11H2,1-3H3,(H2,19,20,21). The molecule has 2 heterocycles. The minimum atomic E-state index is -0.245. The summed E-state index contributed by atoms with van der Waals surface area (Å²) in [6.45, 7) is 6.26. The molecule has 0 bridgehead atoms. The third kappa shape index (κ3) is 4.87. The van der Waals surface area contributed by atoms with Crippen LogP contribution in [0.4, 0.5) is 4.79 Å². The second-order valence-electron chi connectivity index (χ2n) is 5.82. The van der Waals surface area contributed by atoms with Gasteiger partial charge in [0, 0.05) is 24.5 Å². The smallest absolute Gasteiger partial charge is 0.315 e. The molecule has 2 amide bonds. The van der Waals surface area contributed by atoms with Gasteiger partial charge < -0.3 is 10.6 Å². The molecule has 2 rings (SSSR count). The van der Waals surface area contributed by atoms with Crippen LogP contribution in [0.15, 0.2) is 42.7 Å². The van der Waals surface area contributed by atoms with Crippen molar-refractivity contribution in [3.63, 3.8) is 0 Å². The highest BCUT2D eigenvalue weighted by molar-refractivity contribution is 5.74. The predicted molar refractivity (Wildman–Crippen MR) is 82.6 cm³/mol. The molecular weight excluding hydrogens is 264 g/mol. The monoisotopic (exact) mass is 284 g/mol. The van der Waals surface area contributed by atoms with Crippen LogP contribution in [0.2, 0.25) is 0 Å². The Morgan fingerprint density at radius 1 is 1.10 bits per heavy atom. The van der Waals surface area contributed by atoms with E-state index in [1.54, 1.807) is 12.4 Å². The van der Waals surface area contributed by atoms with Gasteiger partial charge in [-0.3, -0.25) is 9.97 Å². The van der Waals surface area contributed by atoms with E-state index in [9.17, 15) is 4.79 Å². The molecule has 0 aliphatic heterocycles. The third-order valence-corrected chi connectivity index (χ3v) is 2.69. The molecule has 0 spiro atoms.